The summed E-state index contributed by atoms with van der Waals surface area (Å²) in [5, 5.41) is 0. The van der Waals surface area contributed by atoms with E-state index in [4.69, 9.17) is 10.5 Å². The molecule has 0 saturated carbocycles. The molecule has 2 N–H and O–H groups in total. The van der Waals surface area contributed by atoms with E-state index in [0.29, 0.717) is 0 Å². The van der Waals surface area contributed by atoms with Crippen LogP contribution in [0.2, 0.25) is 0 Å². The maximum absolute atomic E-state index is 5.99. The third-order valence-corrected chi connectivity index (χ3v) is 3.42. The molecule has 0 bridgehead atoms. The van der Waals surface area contributed by atoms with Crippen LogP contribution in [0, 0.1) is 0 Å². The Hall–Kier alpha value is -0.670. The Morgan fingerprint density at radius 3 is 3.15 bits per heavy atom. The van der Waals surface area contributed by atoms with Crippen molar-refractivity contribution in [3.05, 3.63) is 29.3 Å². The molecule has 3 heteroatoms. The molecule has 1 aromatic carbocycles. The van der Waals surface area contributed by atoms with Crippen molar-refractivity contribution < 1.29 is 4.74 Å². The largest absolute Gasteiger partial charge is 0.496 e. The second kappa shape index (κ2) is 3.60. The molecule has 0 saturated heterocycles. The molecule has 1 aromatic rings. The first-order chi connectivity index (χ1) is 6.33. The van der Waals surface area contributed by atoms with Gasteiger partial charge in [0, 0.05) is 23.1 Å². The molecule has 2 nitrogen and oxygen atoms in total. The number of hydrogen-bond acceptors (Lipinski definition) is 3. The molecule has 1 aliphatic heterocycles. The number of nitrogens with two attached hydrogens (primary N) is 1. The first-order valence-corrected chi connectivity index (χ1v) is 5.47. The lowest BCUT2D eigenvalue weighted by Crippen LogP contribution is -2.19. The molecular formula is C10H13NOS. The van der Waals surface area contributed by atoms with Crippen LogP contribution in [0.1, 0.15) is 17.2 Å². The van der Waals surface area contributed by atoms with Crippen molar-refractivity contribution in [1.29, 1.82) is 0 Å². The predicted molar refractivity (Wildman–Crippen MR) is 56.1 cm³/mol. The fourth-order valence-corrected chi connectivity index (χ4v) is 2.72. The van der Waals surface area contributed by atoms with Gasteiger partial charge in [0.1, 0.15) is 5.75 Å². The van der Waals surface area contributed by atoms with Crippen LogP contribution in [0.3, 0.4) is 0 Å². The zero-order chi connectivity index (χ0) is 9.26. The Morgan fingerprint density at radius 1 is 1.54 bits per heavy atom. The van der Waals surface area contributed by atoms with Crippen molar-refractivity contribution >= 4 is 11.8 Å². The van der Waals surface area contributed by atoms with Gasteiger partial charge in [0.2, 0.25) is 0 Å². The molecule has 1 heterocycles. The SMILES string of the molecule is COc1cccc2c1CSC[C@H]2N. The van der Waals surface area contributed by atoms with Crippen molar-refractivity contribution in [3.8, 4) is 5.75 Å². The van der Waals surface area contributed by atoms with E-state index < -0.39 is 0 Å². The molecule has 0 aliphatic carbocycles. The van der Waals surface area contributed by atoms with Gasteiger partial charge in [0.25, 0.3) is 0 Å². The highest BCUT2D eigenvalue weighted by molar-refractivity contribution is 7.98. The Bertz CT molecular complexity index is 314. The topological polar surface area (TPSA) is 35.2 Å². The van der Waals surface area contributed by atoms with Gasteiger partial charge in [-0.25, -0.2) is 0 Å². The minimum Gasteiger partial charge on any atom is -0.496 e. The maximum Gasteiger partial charge on any atom is 0.123 e. The predicted octanol–water partition coefficient (Wildman–Crippen LogP) is 1.94. The summed E-state index contributed by atoms with van der Waals surface area (Å²) in [4.78, 5) is 0. The first-order valence-electron chi connectivity index (χ1n) is 4.32. The number of thioether (sulfide) groups is 1. The summed E-state index contributed by atoms with van der Waals surface area (Å²) in [7, 11) is 1.71. The van der Waals surface area contributed by atoms with Gasteiger partial charge < -0.3 is 10.5 Å². The van der Waals surface area contributed by atoms with Crippen molar-refractivity contribution in [3.63, 3.8) is 0 Å². The molecule has 2 rings (SSSR count). The monoisotopic (exact) mass is 195 g/mol. The highest BCUT2D eigenvalue weighted by Gasteiger charge is 2.19. The third-order valence-electron chi connectivity index (χ3n) is 2.33. The van der Waals surface area contributed by atoms with E-state index in [1.807, 2.05) is 23.9 Å². The van der Waals surface area contributed by atoms with Crippen LogP contribution in [0.25, 0.3) is 0 Å². The van der Waals surface area contributed by atoms with Gasteiger partial charge in [-0.15, -0.1) is 0 Å². The van der Waals surface area contributed by atoms with Gasteiger partial charge in [0.15, 0.2) is 0 Å². The van der Waals surface area contributed by atoms with Crippen LogP contribution in [-0.4, -0.2) is 12.9 Å². The van der Waals surface area contributed by atoms with Crippen LogP contribution in [0.4, 0.5) is 0 Å². The number of methoxy groups -OCH3 is 1. The highest BCUT2D eigenvalue weighted by Crippen LogP contribution is 2.35. The average molecular weight is 195 g/mol. The number of fused-ring (bicyclic) bond motifs is 1. The van der Waals surface area contributed by atoms with Crippen molar-refractivity contribution in [1.82, 2.24) is 0 Å². The zero-order valence-electron chi connectivity index (χ0n) is 7.62. The molecule has 0 aromatic heterocycles. The second-order valence-corrected chi connectivity index (χ2v) is 4.18. The lowest BCUT2D eigenvalue weighted by molar-refractivity contribution is 0.410. The molecule has 1 atom stereocenters. The molecule has 70 valence electrons. The van der Waals surface area contributed by atoms with Crippen LogP contribution in [0.15, 0.2) is 18.2 Å². The van der Waals surface area contributed by atoms with E-state index in [0.717, 1.165) is 17.3 Å². The van der Waals surface area contributed by atoms with E-state index in [-0.39, 0.29) is 6.04 Å². The minimum atomic E-state index is 0.170. The Balaban J connectivity index is 2.48. The lowest BCUT2D eigenvalue weighted by Gasteiger charge is -2.23. The molecule has 0 radical (unpaired) electrons. The summed E-state index contributed by atoms with van der Waals surface area (Å²) >= 11 is 1.87. The van der Waals surface area contributed by atoms with Crippen molar-refractivity contribution in [2.24, 2.45) is 5.73 Å². The smallest absolute Gasteiger partial charge is 0.123 e. The van der Waals surface area contributed by atoms with Gasteiger partial charge in [-0.3, -0.25) is 0 Å². The normalized spacial score (nSPS) is 20.9. The molecular weight excluding hydrogens is 182 g/mol. The molecule has 0 fully saturated rings. The van der Waals surface area contributed by atoms with Crippen LogP contribution >= 0.6 is 11.8 Å². The van der Waals surface area contributed by atoms with Crippen molar-refractivity contribution in [2.45, 2.75) is 11.8 Å². The van der Waals surface area contributed by atoms with E-state index in [2.05, 4.69) is 6.07 Å². The Kier molecular flexibility index (Phi) is 2.47. The highest BCUT2D eigenvalue weighted by atomic mass is 32.2. The van der Waals surface area contributed by atoms with Crippen LogP contribution < -0.4 is 10.5 Å². The summed E-state index contributed by atoms with van der Waals surface area (Å²) in [6.45, 7) is 0. The summed E-state index contributed by atoms with van der Waals surface area (Å²) in [5.41, 5.74) is 8.51. The quantitative estimate of drug-likeness (QED) is 0.743. The van der Waals surface area contributed by atoms with E-state index >= 15 is 0 Å². The van der Waals surface area contributed by atoms with Gasteiger partial charge in [0.05, 0.1) is 7.11 Å². The van der Waals surface area contributed by atoms with Crippen LogP contribution in [0.5, 0.6) is 5.75 Å². The van der Waals surface area contributed by atoms with Gasteiger partial charge >= 0.3 is 0 Å². The number of benzene rings is 1. The number of ether oxygens (including phenoxy) is 1. The first kappa shape index (κ1) is 8.91. The Labute approximate surface area is 82.5 Å². The average Bonchev–Trinajstić information content (AvgIpc) is 2.18. The van der Waals surface area contributed by atoms with E-state index in [9.17, 15) is 0 Å². The maximum atomic E-state index is 5.99. The minimum absolute atomic E-state index is 0.170. The summed E-state index contributed by atoms with van der Waals surface area (Å²) in [6.07, 6.45) is 0. The molecule has 0 spiro atoms. The fourth-order valence-electron chi connectivity index (χ4n) is 1.65. The third kappa shape index (κ3) is 1.54. The van der Waals surface area contributed by atoms with Gasteiger partial charge in [-0.05, 0) is 11.6 Å². The summed E-state index contributed by atoms with van der Waals surface area (Å²) in [6, 6.07) is 6.27. The van der Waals surface area contributed by atoms with E-state index in [1.54, 1.807) is 7.11 Å². The fraction of sp³-hybridized carbons (Fsp3) is 0.400. The summed E-state index contributed by atoms with van der Waals surface area (Å²) in [5.74, 6) is 3.01. The van der Waals surface area contributed by atoms with Crippen LogP contribution in [-0.2, 0) is 5.75 Å². The number of hydrogen-bond donors (Lipinski definition) is 1. The van der Waals surface area contributed by atoms with Crippen molar-refractivity contribution in [2.75, 3.05) is 12.9 Å². The van der Waals surface area contributed by atoms with E-state index in [1.165, 1.54) is 11.1 Å². The second-order valence-electron chi connectivity index (χ2n) is 3.15. The van der Waals surface area contributed by atoms with Gasteiger partial charge in [-0.1, -0.05) is 12.1 Å². The standard InChI is InChI=1S/C10H13NOS/c1-12-10-4-2-3-7-8(10)5-13-6-9(7)11/h2-4,9H,5-6,11H2,1H3/t9-/m1/s1. The Morgan fingerprint density at radius 2 is 2.38 bits per heavy atom. The molecule has 1 aliphatic rings. The molecule has 0 amide bonds. The number of rotatable bonds is 1. The van der Waals surface area contributed by atoms with Gasteiger partial charge in [-0.2, -0.15) is 11.8 Å². The summed E-state index contributed by atoms with van der Waals surface area (Å²) < 4.78 is 5.29. The molecule has 0 unspecified atom stereocenters. The lowest BCUT2D eigenvalue weighted by atomic mass is 10.0. The molecule has 13 heavy (non-hydrogen) atoms. The zero-order valence-corrected chi connectivity index (χ0v) is 8.43.